The van der Waals surface area contributed by atoms with E-state index < -0.39 is 18.5 Å². The number of aromatic hydroxyl groups is 1. The second-order valence-corrected chi connectivity index (χ2v) is 5.04. The van der Waals surface area contributed by atoms with Crippen LogP contribution in [0.15, 0.2) is 24.3 Å². The summed E-state index contributed by atoms with van der Waals surface area (Å²) in [6, 6.07) is 6.81. The quantitative estimate of drug-likeness (QED) is 0.908. The zero-order valence-corrected chi connectivity index (χ0v) is 10.9. The molecule has 6 heteroatoms. The molecule has 1 aromatic carbocycles. The first-order chi connectivity index (χ1) is 9.35. The van der Waals surface area contributed by atoms with Gasteiger partial charge in [-0.15, -0.1) is 0 Å². The number of carbonyl (C=O) groups excluding carboxylic acids is 1. The second-order valence-electron chi connectivity index (χ2n) is 5.04. The van der Waals surface area contributed by atoms with Crippen LogP contribution in [0.3, 0.4) is 0 Å². The SMILES string of the molecule is O=C(CC(F)(F)F)N1CCC(c2ccc(O)cc2)CC1. The van der Waals surface area contributed by atoms with Gasteiger partial charge in [-0.3, -0.25) is 4.79 Å². The first-order valence-corrected chi connectivity index (χ1v) is 6.48. The van der Waals surface area contributed by atoms with E-state index in [2.05, 4.69) is 0 Å². The number of alkyl halides is 3. The number of hydrogen-bond acceptors (Lipinski definition) is 2. The molecular formula is C14H16F3NO2. The normalized spacial score (nSPS) is 17.2. The van der Waals surface area contributed by atoms with E-state index in [0.29, 0.717) is 25.9 Å². The number of amides is 1. The van der Waals surface area contributed by atoms with E-state index in [1.165, 1.54) is 4.90 Å². The Balaban J connectivity index is 1.89. The van der Waals surface area contributed by atoms with Crippen LogP contribution in [0.25, 0.3) is 0 Å². The smallest absolute Gasteiger partial charge is 0.397 e. The van der Waals surface area contributed by atoms with Gasteiger partial charge in [-0.2, -0.15) is 13.2 Å². The summed E-state index contributed by atoms with van der Waals surface area (Å²) in [5.41, 5.74) is 1.05. The minimum Gasteiger partial charge on any atom is -0.508 e. The highest BCUT2D eigenvalue weighted by Gasteiger charge is 2.34. The molecule has 1 aromatic rings. The van der Waals surface area contributed by atoms with Crippen molar-refractivity contribution in [2.45, 2.75) is 31.4 Å². The summed E-state index contributed by atoms with van der Waals surface area (Å²) in [6.45, 7) is 0.695. The molecule has 0 radical (unpaired) electrons. The molecule has 1 saturated heterocycles. The molecule has 0 aliphatic carbocycles. The summed E-state index contributed by atoms with van der Waals surface area (Å²) in [5, 5.41) is 9.22. The summed E-state index contributed by atoms with van der Waals surface area (Å²) in [5.74, 6) is -0.432. The lowest BCUT2D eigenvalue weighted by atomic mass is 9.89. The van der Waals surface area contributed by atoms with Crippen LogP contribution in [0, 0.1) is 0 Å². The number of carbonyl (C=O) groups is 1. The van der Waals surface area contributed by atoms with Gasteiger partial charge < -0.3 is 10.0 Å². The predicted molar refractivity (Wildman–Crippen MR) is 67.3 cm³/mol. The molecule has 1 aliphatic rings. The van der Waals surface area contributed by atoms with Crippen molar-refractivity contribution in [3.05, 3.63) is 29.8 Å². The molecule has 0 unspecified atom stereocenters. The first kappa shape index (κ1) is 14.7. The van der Waals surface area contributed by atoms with E-state index in [0.717, 1.165) is 5.56 Å². The zero-order valence-electron chi connectivity index (χ0n) is 10.9. The van der Waals surface area contributed by atoms with E-state index in [9.17, 15) is 23.1 Å². The van der Waals surface area contributed by atoms with Gasteiger partial charge in [0.15, 0.2) is 0 Å². The van der Waals surface area contributed by atoms with Crippen LogP contribution in [0.5, 0.6) is 5.75 Å². The maximum atomic E-state index is 12.2. The summed E-state index contributed by atoms with van der Waals surface area (Å²) >= 11 is 0. The van der Waals surface area contributed by atoms with E-state index >= 15 is 0 Å². The van der Waals surface area contributed by atoms with E-state index in [1.54, 1.807) is 12.1 Å². The van der Waals surface area contributed by atoms with Crippen LogP contribution in [-0.4, -0.2) is 35.2 Å². The van der Waals surface area contributed by atoms with Gasteiger partial charge in [-0.25, -0.2) is 0 Å². The number of halogens is 3. The maximum absolute atomic E-state index is 12.2. The van der Waals surface area contributed by atoms with E-state index in [-0.39, 0.29) is 11.7 Å². The topological polar surface area (TPSA) is 40.5 Å². The van der Waals surface area contributed by atoms with Crippen LogP contribution in [-0.2, 0) is 4.79 Å². The molecule has 2 rings (SSSR count). The van der Waals surface area contributed by atoms with Crippen LogP contribution in [0.4, 0.5) is 13.2 Å². The van der Waals surface area contributed by atoms with Crippen LogP contribution in [0.1, 0.15) is 30.7 Å². The van der Waals surface area contributed by atoms with Crippen LogP contribution < -0.4 is 0 Å². The zero-order chi connectivity index (χ0) is 14.8. The number of piperidine rings is 1. The lowest BCUT2D eigenvalue weighted by Crippen LogP contribution is -2.39. The number of benzene rings is 1. The lowest BCUT2D eigenvalue weighted by molar-refractivity contribution is -0.162. The minimum atomic E-state index is -4.44. The largest absolute Gasteiger partial charge is 0.508 e. The molecule has 0 bridgehead atoms. The number of phenols is 1. The van der Waals surface area contributed by atoms with Crippen molar-refractivity contribution < 1.29 is 23.1 Å². The average molecular weight is 287 g/mol. The molecule has 1 amide bonds. The van der Waals surface area contributed by atoms with Gasteiger partial charge >= 0.3 is 6.18 Å². The summed E-state index contributed by atoms with van der Waals surface area (Å²) < 4.78 is 36.5. The third kappa shape index (κ3) is 3.88. The highest BCUT2D eigenvalue weighted by atomic mass is 19.4. The number of hydrogen-bond donors (Lipinski definition) is 1. The van der Waals surface area contributed by atoms with Gasteiger partial charge in [0.25, 0.3) is 0 Å². The summed E-state index contributed by atoms with van der Waals surface area (Å²) in [7, 11) is 0. The Morgan fingerprint density at radius 3 is 2.25 bits per heavy atom. The van der Waals surface area contributed by atoms with Crippen molar-refractivity contribution in [2.24, 2.45) is 0 Å². The molecular weight excluding hydrogens is 271 g/mol. The summed E-state index contributed by atoms with van der Waals surface area (Å²) in [4.78, 5) is 12.8. The Kier molecular flexibility index (Phi) is 4.20. The standard InChI is InChI=1S/C14H16F3NO2/c15-14(16,17)9-13(20)18-7-5-11(6-8-18)10-1-3-12(19)4-2-10/h1-4,11,19H,5-9H2. The predicted octanol–water partition coefficient (Wildman–Crippen LogP) is 3.05. The molecule has 20 heavy (non-hydrogen) atoms. The number of rotatable bonds is 2. The van der Waals surface area contributed by atoms with Gasteiger partial charge in [0.2, 0.25) is 5.91 Å². The molecule has 0 aromatic heterocycles. The highest BCUT2D eigenvalue weighted by molar-refractivity contribution is 5.76. The van der Waals surface area contributed by atoms with E-state index in [1.807, 2.05) is 12.1 Å². The van der Waals surface area contributed by atoms with Gasteiger partial charge in [-0.05, 0) is 36.5 Å². The van der Waals surface area contributed by atoms with Crippen molar-refractivity contribution in [1.29, 1.82) is 0 Å². The summed E-state index contributed by atoms with van der Waals surface area (Å²) in [6.07, 6.45) is -4.52. The Labute approximate surface area is 115 Å². The van der Waals surface area contributed by atoms with Crippen LogP contribution >= 0.6 is 0 Å². The highest BCUT2D eigenvalue weighted by Crippen LogP contribution is 2.30. The fourth-order valence-electron chi connectivity index (χ4n) is 2.49. The fourth-order valence-corrected chi connectivity index (χ4v) is 2.49. The number of likely N-dealkylation sites (tertiary alicyclic amines) is 1. The Bertz CT molecular complexity index is 462. The minimum absolute atomic E-state index is 0.187. The Morgan fingerprint density at radius 1 is 1.20 bits per heavy atom. The fraction of sp³-hybridized carbons (Fsp3) is 0.500. The number of nitrogens with zero attached hydrogens (tertiary/aromatic N) is 1. The van der Waals surface area contributed by atoms with Gasteiger partial charge in [-0.1, -0.05) is 12.1 Å². The molecule has 3 nitrogen and oxygen atoms in total. The molecule has 1 N–H and O–H groups in total. The van der Waals surface area contributed by atoms with Crippen molar-refractivity contribution in [2.75, 3.05) is 13.1 Å². The third-order valence-electron chi connectivity index (χ3n) is 3.56. The molecule has 1 aliphatic heterocycles. The Morgan fingerprint density at radius 2 is 1.75 bits per heavy atom. The average Bonchev–Trinajstić information content (AvgIpc) is 2.38. The first-order valence-electron chi connectivity index (χ1n) is 6.48. The maximum Gasteiger partial charge on any atom is 0.397 e. The molecule has 0 atom stereocenters. The van der Waals surface area contributed by atoms with Crippen molar-refractivity contribution in [3.8, 4) is 5.75 Å². The van der Waals surface area contributed by atoms with Crippen molar-refractivity contribution in [1.82, 2.24) is 4.90 Å². The third-order valence-corrected chi connectivity index (χ3v) is 3.56. The van der Waals surface area contributed by atoms with E-state index in [4.69, 9.17) is 0 Å². The Hall–Kier alpha value is -1.72. The van der Waals surface area contributed by atoms with Crippen molar-refractivity contribution in [3.63, 3.8) is 0 Å². The molecule has 0 saturated carbocycles. The van der Waals surface area contributed by atoms with Gasteiger partial charge in [0, 0.05) is 13.1 Å². The monoisotopic (exact) mass is 287 g/mol. The van der Waals surface area contributed by atoms with Crippen LogP contribution in [0.2, 0.25) is 0 Å². The molecule has 1 heterocycles. The van der Waals surface area contributed by atoms with Crippen molar-refractivity contribution >= 4 is 5.91 Å². The lowest BCUT2D eigenvalue weighted by Gasteiger charge is -2.32. The molecule has 1 fully saturated rings. The molecule has 110 valence electrons. The molecule has 0 spiro atoms. The number of phenolic OH excluding ortho intramolecular Hbond substituents is 1. The second kappa shape index (κ2) is 5.73. The van der Waals surface area contributed by atoms with Gasteiger partial charge in [0.1, 0.15) is 12.2 Å². The van der Waals surface area contributed by atoms with Gasteiger partial charge in [0.05, 0.1) is 0 Å².